The molecule has 0 unspecified atom stereocenters. The number of ketones is 1. The van der Waals surface area contributed by atoms with E-state index in [1.165, 1.54) is 0 Å². The molecular formula is C11H18O2. The maximum Gasteiger partial charge on any atom is 0.158 e. The van der Waals surface area contributed by atoms with Gasteiger partial charge in [0.25, 0.3) is 0 Å². The zero-order chi connectivity index (χ0) is 10.1. The van der Waals surface area contributed by atoms with Crippen molar-refractivity contribution in [1.29, 1.82) is 0 Å². The van der Waals surface area contributed by atoms with Crippen LogP contribution < -0.4 is 0 Å². The van der Waals surface area contributed by atoms with Gasteiger partial charge in [-0.05, 0) is 19.4 Å². The van der Waals surface area contributed by atoms with E-state index in [2.05, 4.69) is 0 Å². The highest BCUT2D eigenvalue weighted by molar-refractivity contribution is 5.79. The fraction of sp³-hybridized carbons (Fsp3) is 0.545. The summed E-state index contributed by atoms with van der Waals surface area (Å²) in [6.07, 6.45) is 6.47. The van der Waals surface area contributed by atoms with Crippen molar-refractivity contribution in [2.45, 2.75) is 27.2 Å². The number of carbonyl (C=O) groups is 1. The summed E-state index contributed by atoms with van der Waals surface area (Å²) in [5.41, 5.74) is 1.10. The van der Waals surface area contributed by atoms with Crippen LogP contribution in [0.1, 0.15) is 27.2 Å². The molecule has 0 aromatic carbocycles. The molecule has 74 valence electrons. The van der Waals surface area contributed by atoms with E-state index >= 15 is 0 Å². The lowest BCUT2D eigenvalue weighted by Gasteiger charge is -2.02. The van der Waals surface area contributed by atoms with Crippen LogP contribution in [0.2, 0.25) is 0 Å². The standard InChI is InChI=1S/C11H18O2/c1-4-7-10(5-2)8-13-9-11(12)6-3/h4-5,7H,6,8-9H2,1-3H3. The zero-order valence-corrected chi connectivity index (χ0v) is 8.67. The Labute approximate surface area is 80.3 Å². The van der Waals surface area contributed by atoms with Gasteiger partial charge < -0.3 is 4.74 Å². The van der Waals surface area contributed by atoms with Crippen molar-refractivity contribution in [2.75, 3.05) is 13.2 Å². The molecule has 0 radical (unpaired) electrons. The fourth-order valence-electron chi connectivity index (χ4n) is 0.827. The molecule has 0 fully saturated rings. The number of ether oxygens (including phenoxy) is 1. The van der Waals surface area contributed by atoms with Crippen molar-refractivity contribution in [3.05, 3.63) is 23.8 Å². The summed E-state index contributed by atoms with van der Waals surface area (Å²) in [7, 11) is 0. The Balaban J connectivity index is 3.68. The SMILES string of the molecule is CC=CC(=CC)COCC(=O)CC. The summed E-state index contributed by atoms with van der Waals surface area (Å²) in [5.74, 6) is 0.149. The first kappa shape index (κ1) is 12.1. The molecule has 0 saturated heterocycles. The van der Waals surface area contributed by atoms with Crippen LogP contribution in [0.15, 0.2) is 23.8 Å². The predicted octanol–water partition coefficient (Wildman–Crippen LogP) is 2.50. The van der Waals surface area contributed by atoms with Crippen LogP contribution in [0.5, 0.6) is 0 Å². The van der Waals surface area contributed by atoms with Gasteiger partial charge in [0.05, 0.1) is 6.61 Å². The van der Waals surface area contributed by atoms with Crippen LogP contribution in [0.25, 0.3) is 0 Å². The van der Waals surface area contributed by atoms with E-state index in [9.17, 15) is 4.79 Å². The number of allylic oxidation sites excluding steroid dienone is 2. The van der Waals surface area contributed by atoms with Crippen molar-refractivity contribution >= 4 is 5.78 Å². The van der Waals surface area contributed by atoms with Crippen molar-refractivity contribution in [3.8, 4) is 0 Å². The van der Waals surface area contributed by atoms with E-state index in [-0.39, 0.29) is 12.4 Å². The minimum Gasteiger partial charge on any atom is -0.369 e. The molecule has 0 atom stereocenters. The first-order valence-electron chi connectivity index (χ1n) is 4.61. The van der Waals surface area contributed by atoms with E-state index in [1.54, 1.807) is 0 Å². The van der Waals surface area contributed by atoms with E-state index in [1.807, 2.05) is 39.0 Å². The molecule has 0 aromatic heterocycles. The second-order valence-corrected chi connectivity index (χ2v) is 2.75. The third-order valence-electron chi connectivity index (χ3n) is 1.68. The highest BCUT2D eigenvalue weighted by Gasteiger charge is 1.97. The molecule has 0 aliphatic heterocycles. The number of hydrogen-bond donors (Lipinski definition) is 0. The molecule has 0 amide bonds. The van der Waals surface area contributed by atoms with Crippen LogP contribution in [0.3, 0.4) is 0 Å². The Kier molecular flexibility index (Phi) is 7.21. The maximum atomic E-state index is 10.9. The Morgan fingerprint density at radius 3 is 2.46 bits per heavy atom. The molecule has 0 aliphatic carbocycles. The maximum absolute atomic E-state index is 10.9. The summed E-state index contributed by atoms with van der Waals surface area (Å²) in [6.45, 7) is 6.51. The van der Waals surface area contributed by atoms with Gasteiger partial charge in [-0.2, -0.15) is 0 Å². The molecule has 0 bridgehead atoms. The van der Waals surface area contributed by atoms with Crippen molar-refractivity contribution in [1.82, 2.24) is 0 Å². The van der Waals surface area contributed by atoms with Gasteiger partial charge in [0.1, 0.15) is 6.61 Å². The molecule has 0 N–H and O–H groups in total. The fourth-order valence-corrected chi connectivity index (χ4v) is 0.827. The molecule has 2 heteroatoms. The van der Waals surface area contributed by atoms with Crippen molar-refractivity contribution in [3.63, 3.8) is 0 Å². The monoisotopic (exact) mass is 182 g/mol. The first-order valence-corrected chi connectivity index (χ1v) is 4.61. The molecule has 0 rings (SSSR count). The van der Waals surface area contributed by atoms with Crippen LogP contribution >= 0.6 is 0 Å². The zero-order valence-electron chi connectivity index (χ0n) is 8.67. The third kappa shape index (κ3) is 6.29. The molecule has 2 nitrogen and oxygen atoms in total. The molecule has 0 spiro atoms. The van der Waals surface area contributed by atoms with E-state index in [0.29, 0.717) is 13.0 Å². The van der Waals surface area contributed by atoms with Gasteiger partial charge in [0, 0.05) is 6.42 Å². The minimum absolute atomic E-state index is 0.149. The summed E-state index contributed by atoms with van der Waals surface area (Å²) in [5, 5.41) is 0. The molecular weight excluding hydrogens is 164 g/mol. The van der Waals surface area contributed by atoms with Gasteiger partial charge in [-0.15, -0.1) is 0 Å². The lowest BCUT2D eigenvalue weighted by Crippen LogP contribution is -2.08. The van der Waals surface area contributed by atoms with E-state index in [0.717, 1.165) is 5.57 Å². The number of rotatable bonds is 6. The van der Waals surface area contributed by atoms with E-state index < -0.39 is 0 Å². The average molecular weight is 182 g/mol. The molecule has 0 heterocycles. The van der Waals surface area contributed by atoms with E-state index in [4.69, 9.17) is 4.74 Å². The average Bonchev–Trinajstić information content (AvgIpc) is 2.16. The van der Waals surface area contributed by atoms with Gasteiger partial charge in [0.15, 0.2) is 5.78 Å². The van der Waals surface area contributed by atoms with Crippen LogP contribution in [0.4, 0.5) is 0 Å². The number of Topliss-reactive ketones (excluding diaryl/α,β-unsaturated/α-hetero) is 1. The quantitative estimate of drug-likeness (QED) is 0.590. The Hall–Kier alpha value is -0.890. The second-order valence-electron chi connectivity index (χ2n) is 2.75. The Bertz CT molecular complexity index is 202. The van der Waals surface area contributed by atoms with Gasteiger partial charge in [-0.3, -0.25) is 4.79 Å². The lowest BCUT2D eigenvalue weighted by molar-refractivity contribution is -0.122. The molecule has 0 aromatic rings. The van der Waals surface area contributed by atoms with Gasteiger partial charge in [-0.25, -0.2) is 0 Å². The molecule has 0 saturated carbocycles. The summed E-state index contributed by atoms with van der Waals surface area (Å²) in [4.78, 5) is 10.9. The first-order chi connectivity index (χ1) is 6.24. The third-order valence-corrected chi connectivity index (χ3v) is 1.68. The van der Waals surface area contributed by atoms with Gasteiger partial charge >= 0.3 is 0 Å². The largest absolute Gasteiger partial charge is 0.369 e. The molecule has 0 aliphatic rings. The lowest BCUT2D eigenvalue weighted by atomic mass is 10.2. The summed E-state index contributed by atoms with van der Waals surface area (Å²) >= 11 is 0. The highest BCUT2D eigenvalue weighted by Crippen LogP contribution is 1.98. The van der Waals surface area contributed by atoms with Gasteiger partial charge in [-0.1, -0.05) is 25.2 Å². The van der Waals surface area contributed by atoms with Crippen molar-refractivity contribution in [2.24, 2.45) is 0 Å². The topological polar surface area (TPSA) is 26.3 Å². The minimum atomic E-state index is 0.149. The summed E-state index contributed by atoms with van der Waals surface area (Å²) < 4.78 is 5.22. The number of hydrogen-bond acceptors (Lipinski definition) is 2. The van der Waals surface area contributed by atoms with Crippen molar-refractivity contribution < 1.29 is 9.53 Å². The Morgan fingerprint density at radius 2 is 2.00 bits per heavy atom. The number of carbonyl (C=O) groups excluding carboxylic acids is 1. The Morgan fingerprint density at radius 1 is 1.31 bits per heavy atom. The smallest absolute Gasteiger partial charge is 0.158 e. The normalized spacial score (nSPS) is 12.4. The second kappa shape index (κ2) is 7.74. The molecule has 13 heavy (non-hydrogen) atoms. The van der Waals surface area contributed by atoms with Crippen LogP contribution in [-0.4, -0.2) is 19.0 Å². The van der Waals surface area contributed by atoms with Crippen LogP contribution in [0, 0.1) is 0 Å². The van der Waals surface area contributed by atoms with Crippen LogP contribution in [-0.2, 0) is 9.53 Å². The van der Waals surface area contributed by atoms with Gasteiger partial charge in [0.2, 0.25) is 0 Å². The summed E-state index contributed by atoms with van der Waals surface area (Å²) in [6, 6.07) is 0. The highest BCUT2D eigenvalue weighted by atomic mass is 16.5. The predicted molar refractivity (Wildman–Crippen MR) is 54.7 cm³/mol.